The Bertz CT molecular complexity index is 535. The number of benzene rings is 1. The van der Waals surface area contributed by atoms with Crippen LogP contribution in [0.5, 0.6) is 0 Å². The van der Waals surface area contributed by atoms with Crippen LogP contribution in [0.1, 0.15) is 38.3 Å². The smallest absolute Gasteiger partial charge is 0.0926 e. The number of nitrogens with two attached hydrogens (primary N) is 1. The summed E-state index contributed by atoms with van der Waals surface area (Å²) in [5.41, 5.74) is 8.42. The molecule has 1 heterocycles. The number of fused-ring (bicyclic) bond motifs is 1. The molecule has 84 valence electrons. The Labute approximate surface area is 95.2 Å². The molecule has 0 amide bonds. The second-order valence-electron chi connectivity index (χ2n) is 5.13. The molecule has 2 aromatic rings. The normalized spacial score (nSPS) is 18.2. The van der Waals surface area contributed by atoms with E-state index in [4.69, 9.17) is 5.73 Å². The first-order valence-electron chi connectivity index (χ1n) is 5.87. The number of nitrogens with zero attached hydrogens (tertiary/aromatic N) is 2. The monoisotopic (exact) mass is 215 g/mol. The maximum Gasteiger partial charge on any atom is 0.0926 e. The third-order valence-electron chi connectivity index (χ3n) is 3.42. The van der Waals surface area contributed by atoms with Crippen LogP contribution in [0, 0.1) is 0 Å². The van der Waals surface area contributed by atoms with Gasteiger partial charge in [-0.25, -0.2) is 0 Å². The first kappa shape index (κ1) is 9.85. The van der Waals surface area contributed by atoms with E-state index in [2.05, 4.69) is 43.3 Å². The molecule has 3 nitrogen and oxygen atoms in total. The molecule has 3 heteroatoms. The van der Waals surface area contributed by atoms with Gasteiger partial charge in [0.25, 0.3) is 0 Å². The standard InChI is InChI=1S/C13H17N3/c1-9(2)16-8-10-3-4-11(7-12(10)15-16)13(14)5-6-13/h3-4,7-9H,5-6,14H2,1-2H3. The minimum atomic E-state index is -0.0597. The highest BCUT2D eigenvalue weighted by Gasteiger charge is 2.40. The van der Waals surface area contributed by atoms with Crippen LogP contribution in [0.4, 0.5) is 0 Å². The Morgan fingerprint density at radius 3 is 2.75 bits per heavy atom. The minimum absolute atomic E-state index is 0.0597. The van der Waals surface area contributed by atoms with Crippen molar-refractivity contribution in [1.82, 2.24) is 9.78 Å². The van der Waals surface area contributed by atoms with Crippen LogP contribution in [0.15, 0.2) is 24.4 Å². The zero-order valence-electron chi connectivity index (χ0n) is 9.77. The van der Waals surface area contributed by atoms with Gasteiger partial charge in [-0.2, -0.15) is 5.10 Å². The number of hydrogen-bond donors (Lipinski definition) is 1. The molecule has 0 spiro atoms. The highest BCUT2D eigenvalue weighted by Crippen LogP contribution is 2.43. The van der Waals surface area contributed by atoms with Crippen LogP contribution in [0.3, 0.4) is 0 Å². The minimum Gasteiger partial charge on any atom is -0.321 e. The lowest BCUT2D eigenvalue weighted by atomic mass is 10.0. The zero-order chi connectivity index (χ0) is 11.3. The van der Waals surface area contributed by atoms with E-state index in [1.807, 2.05) is 4.68 Å². The molecule has 1 aromatic heterocycles. The Morgan fingerprint density at radius 1 is 1.38 bits per heavy atom. The summed E-state index contributed by atoms with van der Waals surface area (Å²) in [6.07, 6.45) is 4.30. The second kappa shape index (κ2) is 3.08. The van der Waals surface area contributed by atoms with Crippen molar-refractivity contribution in [2.45, 2.75) is 38.3 Å². The molecular formula is C13H17N3. The summed E-state index contributed by atoms with van der Waals surface area (Å²) in [7, 11) is 0. The quantitative estimate of drug-likeness (QED) is 0.836. The number of aromatic nitrogens is 2. The summed E-state index contributed by atoms with van der Waals surface area (Å²) >= 11 is 0. The third-order valence-corrected chi connectivity index (χ3v) is 3.42. The Kier molecular flexibility index (Phi) is 1.89. The lowest BCUT2D eigenvalue weighted by molar-refractivity contribution is 0.537. The van der Waals surface area contributed by atoms with E-state index in [1.165, 1.54) is 10.9 Å². The maximum absolute atomic E-state index is 6.19. The molecule has 1 saturated carbocycles. The molecule has 0 atom stereocenters. The number of rotatable bonds is 2. The van der Waals surface area contributed by atoms with E-state index < -0.39 is 0 Å². The van der Waals surface area contributed by atoms with Gasteiger partial charge in [-0.1, -0.05) is 12.1 Å². The van der Waals surface area contributed by atoms with Gasteiger partial charge >= 0.3 is 0 Å². The summed E-state index contributed by atoms with van der Waals surface area (Å²) in [5, 5.41) is 5.77. The van der Waals surface area contributed by atoms with Crippen molar-refractivity contribution in [2.24, 2.45) is 5.73 Å². The first-order valence-corrected chi connectivity index (χ1v) is 5.87. The van der Waals surface area contributed by atoms with E-state index in [0.717, 1.165) is 18.4 Å². The molecule has 1 fully saturated rings. The van der Waals surface area contributed by atoms with Crippen LogP contribution in [0.2, 0.25) is 0 Å². The van der Waals surface area contributed by atoms with Gasteiger partial charge in [-0.05, 0) is 38.3 Å². The van der Waals surface area contributed by atoms with Crippen molar-refractivity contribution in [3.63, 3.8) is 0 Å². The van der Waals surface area contributed by atoms with Crippen molar-refractivity contribution in [3.05, 3.63) is 30.0 Å². The van der Waals surface area contributed by atoms with Crippen molar-refractivity contribution >= 4 is 10.9 Å². The molecule has 1 aliphatic carbocycles. The van der Waals surface area contributed by atoms with E-state index in [1.54, 1.807) is 0 Å². The SMILES string of the molecule is CC(C)n1cc2ccc(C3(N)CC3)cc2n1. The van der Waals surface area contributed by atoms with Gasteiger partial charge in [-0.3, -0.25) is 4.68 Å². The van der Waals surface area contributed by atoms with Crippen LogP contribution in [0.25, 0.3) is 10.9 Å². The molecule has 0 radical (unpaired) electrons. The molecule has 16 heavy (non-hydrogen) atoms. The van der Waals surface area contributed by atoms with Crippen molar-refractivity contribution in [1.29, 1.82) is 0 Å². The van der Waals surface area contributed by atoms with Gasteiger partial charge in [0.2, 0.25) is 0 Å². The molecule has 2 N–H and O–H groups in total. The summed E-state index contributed by atoms with van der Waals surface area (Å²) in [5.74, 6) is 0. The highest BCUT2D eigenvalue weighted by atomic mass is 15.3. The molecule has 1 aliphatic rings. The van der Waals surface area contributed by atoms with Gasteiger partial charge in [0, 0.05) is 23.2 Å². The van der Waals surface area contributed by atoms with Crippen LogP contribution >= 0.6 is 0 Å². The average molecular weight is 215 g/mol. The summed E-state index contributed by atoms with van der Waals surface area (Å²) < 4.78 is 2.00. The average Bonchev–Trinajstić information content (AvgIpc) is 2.86. The lowest BCUT2D eigenvalue weighted by Gasteiger charge is -2.07. The maximum atomic E-state index is 6.19. The Balaban J connectivity index is 2.10. The number of hydrogen-bond acceptors (Lipinski definition) is 2. The van der Waals surface area contributed by atoms with E-state index in [-0.39, 0.29) is 5.54 Å². The first-order chi connectivity index (χ1) is 7.58. The van der Waals surface area contributed by atoms with Gasteiger partial charge in [-0.15, -0.1) is 0 Å². The third kappa shape index (κ3) is 1.43. The van der Waals surface area contributed by atoms with Crippen LogP contribution < -0.4 is 5.73 Å². The van der Waals surface area contributed by atoms with Crippen molar-refractivity contribution in [2.75, 3.05) is 0 Å². The molecule has 0 aliphatic heterocycles. The van der Waals surface area contributed by atoms with Crippen molar-refractivity contribution < 1.29 is 0 Å². The predicted molar refractivity (Wildman–Crippen MR) is 65.2 cm³/mol. The van der Waals surface area contributed by atoms with Gasteiger partial charge < -0.3 is 5.73 Å². The van der Waals surface area contributed by atoms with Gasteiger partial charge in [0.05, 0.1) is 5.52 Å². The van der Waals surface area contributed by atoms with E-state index in [9.17, 15) is 0 Å². The summed E-state index contributed by atoms with van der Waals surface area (Å²) in [4.78, 5) is 0. The van der Waals surface area contributed by atoms with Crippen LogP contribution in [-0.4, -0.2) is 9.78 Å². The molecule has 3 rings (SSSR count). The Hall–Kier alpha value is -1.35. The van der Waals surface area contributed by atoms with E-state index >= 15 is 0 Å². The topological polar surface area (TPSA) is 43.8 Å². The molecule has 0 unspecified atom stereocenters. The lowest BCUT2D eigenvalue weighted by Crippen LogP contribution is -2.18. The fourth-order valence-corrected chi connectivity index (χ4v) is 2.03. The predicted octanol–water partition coefficient (Wildman–Crippen LogP) is 2.57. The fraction of sp³-hybridized carbons (Fsp3) is 0.462. The zero-order valence-corrected chi connectivity index (χ0v) is 9.77. The second-order valence-corrected chi connectivity index (χ2v) is 5.13. The molecule has 1 aromatic carbocycles. The van der Waals surface area contributed by atoms with E-state index in [0.29, 0.717) is 6.04 Å². The molecule has 0 bridgehead atoms. The molecular weight excluding hydrogens is 198 g/mol. The largest absolute Gasteiger partial charge is 0.321 e. The molecule has 0 saturated heterocycles. The van der Waals surface area contributed by atoms with Gasteiger partial charge in [0.1, 0.15) is 0 Å². The highest BCUT2D eigenvalue weighted by molar-refractivity contribution is 5.79. The van der Waals surface area contributed by atoms with Crippen molar-refractivity contribution in [3.8, 4) is 0 Å². The van der Waals surface area contributed by atoms with Gasteiger partial charge in [0.15, 0.2) is 0 Å². The van der Waals surface area contributed by atoms with Crippen LogP contribution in [-0.2, 0) is 5.54 Å². The Morgan fingerprint density at radius 2 is 2.12 bits per heavy atom. The summed E-state index contributed by atoms with van der Waals surface area (Å²) in [6.45, 7) is 4.27. The fourth-order valence-electron chi connectivity index (χ4n) is 2.03. The summed E-state index contributed by atoms with van der Waals surface area (Å²) in [6, 6.07) is 6.82.